The van der Waals surface area contributed by atoms with Crippen LogP contribution in [-0.2, 0) is 14.4 Å². The van der Waals surface area contributed by atoms with Gasteiger partial charge in [-0.1, -0.05) is 54.6 Å². The van der Waals surface area contributed by atoms with E-state index in [-0.39, 0.29) is 42.5 Å². The van der Waals surface area contributed by atoms with Crippen molar-refractivity contribution < 1.29 is 14.4 Å². The molecule has 0 saturated carbocycles. The van der Waals surface area contributed by atoms with Crippen molar-refractivity contribution in [1.82, 2.24) is 4.90 Å². The quantitative estimate of drug-likeness (QED) is 0.642. The van der Waals surface area contributed by atoms with Gasteiger partial charge in [-0.05, 0) is 36.1 Å². The highest BCUT2D eigenvalue weighted by molar-refractivity contribution is 6.05. The molecule has 2 aromatic carbocycles. The largest absolute Gasteiger partial charge is 0.326 e. The summed E-state index contributed by atoms with van der Waals surface area (Å²) in [4.78, 5) is 38.4. The zero-order valence-corrected chi connectivity index (χ0v) is 15.5. The van der Waals surface area contributed by atoms with Gasteiger partial charge >= 0.3 is 0 Å². The van der Waals surface area contributed by atoms with Crippen molar-refractivity contribution >= 4 is 23.4 Å². The van der Waals surface area contributed by atoms with Crippen LogP contribution in [-0.4, -0.2) is 29.2 Å². The topological polar surface area (TPSA) is 66.5 Å². The van der Waals surface area contributed by atoms with Crippen LogP contribution < -0.4 is 5.32 Å². The van der Waals surface area contributed by atoms with Crippen molar-refractivity contribution in [3.8, 4) is 11.1 Å². The molecule has 3 amide bonds. The third-order valence-electron chi connectivity index (χ3n) is 5.44. The van der Waals surface area contributed by atoms with E-state index in [9.17, 15) is 14.4 Å². The lowest BCUT2D eigenvalue weighted by Crippen LogP contribution is -2.34. The molecule has 28 heavy (non-hydrogen) atoms. The Labute approximate surface area is 164 Å². The number of benzene rings is 2. The minimum atomic E-state index is -0.244. The number of fused-ring (bicyclic) bond motifs is 1. The smallest absolute Gasteiger partial charge is 0.233 e. The standard InChI is InChI=1S/C23H22N2O3/c26-21(14-15-25-22(27)19-8-4-5-9-20(19)23(25)28)24-18-12-10-17(11-13-18)16-6-2-1-3-7-16/h1-7,10-13,19-20H,8-9,14-15H2,(H,24,26). The minimum absolute atomic E-state index is 0.102. The Balaban J connectivity index is 1.32. The second kappa shape index (κ2) is 7.80. The van der Waals surface area contributed by atoms with E-state index in [1.807, 2.05) is 66.7 Å². The molecule has 4 rings (SSSR count). The molecule has 142 valence electrons. The summed E-state index contributed by atoms with van der Waals surface area (Å²) < 4.78 is 0. The lowest BCUT2D eigenvalue weighted by Gasteiger charge is -2.14. The fraction of sp³-hybridized carbons (Fsp3) is 0.261. The third-order valence-corrected chi connectivity index (χ3v) is 5.44. The number of anilines is 1. The van der Waals surface area contributed by atoms with Gasteiger partial charge in [0, 0.05) is 18.7 Å². The highest BCUT2D eigenvalue weighted by atomic mass is 16.2. The van der Waals surface area contributed by atoms with Crippen LogP contribution in [0, 0.1) is 11.8 Å². The Morgan fingerprint density at radius 2 is 1.43 bits per heavy atom. The molecule has 1 aliphatic carbocycles. The maximum Gasteiger partial charge on any atom is 0.233 e. The monoisotopic (exact) mass is 374 g/mol. The Hall–Kier alpha value is -3.21. The average molecular weight is 374 g/mol. The van der Waals surface area contributed by atoms with Crippen LogP contribution in [0.1, 0.15) is 19.3 Å². The maximum absolute atomic E-state index is 12.4. The summed E-state index contributed by atoms with van der Waals surface area (Å²) in [6, 6.07) is 17.6. The Kier molecular flexibility index (Phi) is 5.06. The van der Waals surface area contributed by atoms with Crippen molar-refractivity contribution in [3.63, 3.8) is 0 Å². The number of nitrogens with one attached hydrogen (secondary N) is 1. The maximum atomic E-state index is 12.4. The molecule has 1 heterocycles. The molecule has 1 N–H and O–H groups in total. The van der Waals surface area contributed by atoms with E-state index >= 15 is 0 Å². The highest BCUT2D eigenvalue weighted by Crippen LogP contribution is 2.35. The average Bonchev–Trinajstić information content (AvgIpc) is 2.98. The van der Waals surface area contributed by atoms with Crippen LogP contribution in [0.3, 0.4) is 0 Å². The fourth-order valence-corrected chi connectivity index (χ4v) is 3.90. The first-order valence-corrected chi connectivity index (χ1v) is 9.59. The van der Waals surface area contributed by atoms with Crippen molar-refractivity contribution in [1.29, 1.82) is 0 Å². The summed E-state index contributed by atoms with van der Waals surface area (Å²) in [5.41, 5.74) is 2.88. The van der Waals surface area contributed by atoms with E-state index in [1.54, 1.807) is 0 Å². The van der Waals surface area contributed by atoms with E-state index in [4.69, 9.17) is 0 Å². The van der Waals surface area contributed by atoms with E-state index in [2.05, 4.69) is 5.32 Å². The first-order valence-electron chi connectivity index (χ1n) is 9.59. The molecule has 5 nitrogen and oxygen atoms in total. The van der Waals surface area contributed by atoms with E-state index in [1.165, 1.54) is 4.90 Å². The second-order valence-corrected chi connectivity index (χ2v) is 7.23. The van der Waals surface area contributed by atoms with Gasteiger partial charge in [-0.2, -0.15) is 0 Å². The van der Waals surface area contributed by atoms with Gasteiger partial charge in [0.1, 0.15) is 0 Å². The molecule has 2 aliphatic rings. The summed E-state index contributed by atoms with van der Waals surface area (Å²) in [5, 5.41) is 2.84. The third kappa shape index (κ3) is 3.60. The minimum Gasteiger partial charge on any atom is -0.326 e. The summed E-state index contributed by atoms with van der Waals surface area (Å²) in [6.45, 7) is 0.137. The summed E-state index contributed by atoms with van der Waals surface area (Å²) in [7, 11) is 0. The number of likely N-dealkylation sites (tertiary alicyclic amines) is 1. The molecule has 0 aromatic heterocycles. The van der Waals surface area contributed by atoms with Crippen molar-refractivity contribution in [3.05, 3.63) is 66.7 Å². The lowest BCUT2D eigenvalue weighted by molar-refractivity contribution is -0.140. The Morgan fingerprint density at radius 1 is 0.857 bits per heavy atom. The highest BCUT2D eigenvalue weighted by Gasteiger charge is 2.46. The molecule has 1 fully saturated rings. The van der Waals surface area contributed by atoms with E-state index in [0.29, 0.717) is 18.5 Å². The number of allylic oxidation sites excluding steroid dienone is 2. The number of carbonyl (C=O) groups excluding carboxylic acids is 3. The Bertz CT molecular complexity index is 893. The summed E-state index contributed by atoms with van der Waals surface area (Å²) >= 11 is 0. The van der Waals surface area contributed by atoms with Gasteiger partial charge < -0.3 is 5.32 Å². The molecule has 5 heteroatoms. The van der Waals surface area contributed by atoms with Crippen LogP contribution >= 0.6 is 0 Å². The molecular weight excluding hydrogens is 352 g/mol. The van der Waals surface area contributed by atoms with Gasteiger partial charge in [0.25, 0.3) is 0 Å². The number of hydrogen-bond acceptors (Lipinski definition) is 3. The summed E-state index contributed by atoms with van der Waals surface area (Å²) in [6.07, 6.45) is 5.26. The molecule has 2 aromatic rings. The molecule has 0 bridgehead atoms. The van der Waals surface area contributed by atoms with Crippen molar-refractivity contribution in [2.45, 2.75) is 19.3 Å². The van der Waals surface area contributed by atoms with Crippen LogP contribution in [0.2, 0.25) is 0 Å². The number of imide groups is 1. The first kappa shape index (κ1) is 18.2. The van der Waals surface area contributed by atoms with Gasteiger partial charge in [-0.15, -0.1) is 0 Å². The fourth-order valence-electron chi connectivity index (χ4n) is 3.90. The van der Waals surface area contributed by atoms with Gasteiger partial charge in [0.05, 0.1) is 11.8 Å². The van der Waals surface area contributed by atoms with Gasteiger partial charge in [0.2, 0.25) is 17.7 Å². The van der Waals surface area contributed by atoms with Crippen molar-refractivity contribution in [2.24, 2.45) is 11.8 Å². The molecule has 2 unspecified atom stereocenters. The molecule has 0 spiro atoms. The number of rotatable bonds is 5. The summed E-state index contributed by atoms with van der Waals surface area (Å²) in [5.74, 6) is -0.975. The Morgan fingerprint density at radius 3 is 2.04 bits per heavy atom. The predicted octanol–water partition coefficient (Wildman–Crippen LogP) is 3.63. The van der Waals surface area contributed by atoms with Crippen LogP contribution in [0.5, 0.6) is 0 Å². The van der Waals surface area contributed by atoms with E-state index < -0.39 is 0 Å². The van der Waals surface area contributed by atoms with Crippen LogP contribution in [0.25, 0.3) is 11.1 Å². The van der Waals surface area contributed by atoms with E-state index in [0.717, 1.165) is 11.1 Å². The molecule has 0 radical (unpaired) electrons. The lowest BCUT2D eigenvalue weighted by atomic mass is 9.85. The zero-order valence-electron chi connectivity index (χ0n) is 15.5. The number of amides is 3. The van der Waals surface area contributed by atoms with Gasteiger partial charge in [0.15, 0.2) is 0 Å². The van der Waals surface area contributed by atoms with Crippen molar-refractivity contribution in [2.75, 3.05) is 11.9 Å². The zero-order chi connectivity index (χ0) is 19.5. The normalized spacial score (nSPS) is 20.9. The van der Waals surface area contributed by atoms with Crippen LogP contribution in [0.4, 0.5) is 5.69 Å². The SMILES string of the molecule is O=C(CCN1C(=O)C2CC=CCC2C1=O)Nc1ccc(-c2ccccc2)cc1. The number of hydrogen-bond donors (Lipinski definition) is 1. The molecule has 1 saturated heterocycles. The van der Waals surface area contributed by atoms with Gasteiger partial charge in [-0.25, -0.2) is 0 Å². The van der Waals surface area contributed by atoms with Gasteiger partial charge in [-0.3, -0.25) is 19.3 Å². The second-order valence-electron chi connectivity index (χ2n) is 7.23. The molecule has 2 atom stereocenters. The number of carbonyl (C=O) groups is 3. The number of nitrogens with zero attached hydrogens (tertiary/aromatic N) is 1. The molecular formula is C23H22N2O3. The first-order chi connectivity index (χ1) is 13.6. The van der Waals surface area contributed by atoms with Crippen LogP contribution in [0.15, 0.2) is 66.7 Å². The molecule has 1 aliphatic heterocycles. The predicted molar refractivity (Wildman–Crippen MR) is 107 cm³/mol.